The molecule has 120 valence electrons. The number of alkyl halides is 3. The lowest BCUT2D eigenvalue weighted by Gasteiger charge is -2.19. The van der Waals surface area contributed by atoms with Crippen molar-refractivity contribution in [3.05, 3.63) is 0 Å². The third kappa shape index (κ3) is 3.84. The van der Waals surface area contributed by atoms with E-state index >= 15 is 0 Å². The van der Waals surface area contributed by atoms with E-state index in [-0.39, 0.29) is 0 Å². The van der Waals surface area contributed by atoms with Crippen LogP contribution >= 0.6 is 0 Å². The third-order valence-electron chi connectivity index (χ3n) is 3.22. The second-order valence-electron chi connectivity index (χ2n) is 4.87. The molecule has 0 aromatic rings. The first-order valence-corrected chi connectivity index (χ1v) is 6.17. The molecule has 10 heteroatoms. The molecule has 0 aliphatic carbocycles. The molecule has 1 aliphatic rings. The lowest BCUT2D eigenvalue weighted by atomic mass is 9.99. The zero-order valence-corrected chi connectivity index (χ0v) is 11.5. The van der Waals surface area contributed by atoms with E-state index in [1.807, 2.05) is 5.32 Å². The number of aliphatic hydroxyl groups is 1. The maximum atomic E-state index is 12.0. The Balaban J connectivity index is 2.56. The van der Waals surface area contributed by atoms with Crippen LogP contribution in [0.1, 0.15) is 20.3 Å². The third-order valence-corrected chi connectivity index (χ3v) is 3.22. The first kappa shape index (κ1) is 17.2. The minimum absolute atomic E-state index is 0.308. The largest absolute Gasteiger partial charge is 0.416 e. The Morgan fingerprint density at radius 2 is 2.05 bits per heavy atom. The molecule has 0 aromatic heterocycles. The quantitative estimate of drug-likeness (QED) is 0.610. The van der Waals surface area contributed by atoms with Crippen molar-refractivity contribution < 1.29 is 32.7 Å². The summed E-state index contributed by atoms with van der Waals surface area (Å²) in [7, 11) is 0. The molecule has 21 heavy (non-hydrogen) atoms. The Morgan fingerprint density at radius 3 is 2.48 bits per heavy atom. The van der Waals surface area contributed by atoms with E-state index in [1.54, 1.807) is 6.92 Å². The van der Waals surface area contributed by atoms with Gasteiger partial charge in [-0.05, 0) is 13.3 Å². The first-order valence-electron chi connectivity index (χ1n) is 6.17. The predicted molar refractivity (Wildman–Crippen MR) is 64.0 cm³/mol. The number of rotatable bonds is 5. The number of imide groups is 1. The number of halogens is 3. The molecular weight excluding hydrogens is 295 g/mol. The number of amides is 4. The molecule has 0 radical (unpaired) electrons. The molecule has 1 aliphatic heterocycles. The second kappa shape index (κ2) is 5.88. The smallest absolute Gasteiger partial charge is 0.382 e. The number of carbonyl (C=O) groups is 3. The highest BCUT2D eigenvalue weighted by molar-refractivity contribution is 6.08. The fourth-order valence-electron chi connectivity index (χ4n) is 1.66. The van der Waals surface area contributed by atoms with Crippen LogP contribution in [0.2, 0.25) is 0 Å². The predicted octanol–water partition coefficient (Wildman–Crippen LogP) is -0.254. The SMILES string of the molecule is CCC1(C)NC(=O)N(CC(=O)NCC(O)C(F)(F)F)C1=O. The van der Waals surface area contributed by atoms with Crippen LogP contribution in [-0.2, 0) is 9.59 Å². The molecule has 0 saturated carbocycles. The molecule has 0 aromatic carbocycles. The molecule has 1 heterocycles. The molecule has 0 spiro atoms. The fraction of sp³-hybridized carbons (Fsp3) is 0.727. The van der Waals surface area contributed by atoms with Gasteiger partial charge in [-0.25, -0.2) is 4.79 Å². The monoisotopic (exact) mass is 311 g/mol. The standard InChI is InChI=1S/C11H16F3N3O4/c1-3-10(2)8(20)17(9(21)16-10)5-7(19)15-4-6(18)11(12,13)14/h6,18H,3-5H2,1-2H3,(H,15,19)(H,16,21). The number of nitrogens with zero attached hydrogens (tertiary/aromatic N) is 1. The average molecular weight is 311 g/mol. The van der Waals surface area contributed by atoms with Crippen molar-refractivity contribution in [1.82, 2.24) is 15.5 Å². The minimum atomic E-state index is -4.85. The van der Waals surface area contributed by atoms with Gasteiger partial charge in [-0.2, -0.15) is 13.2 Å². The van der Waals surface area contributed by atoms with Crippen molar-refractivity contribution in [2.24, 2.45) is 0 Å². The van der Waals surface area contributed by atoms with Crippen LogP contribution in [0.25, 0.3) is 0 Å². The van der Waals surface area contributed by atoms with Gasteiger partial charge in [0.2, 0.25) is 5.91 Å². The molecule has 4 amide bonds. The van der Waals surface area contributed by atoms with Crippen molar-refractivity contribution >= 4 is 17.8 Å². The van der Waals surface area contributed by atoms with Crippen LogP contribution in [0.15, 0.2) is 0 Å². The highest BCUT2D eigenvalue weighted by Crippen LogP contribution is 2.21. The van der Waals surface area contributed by atoms with Crippen molar-refractivity contribution in [3.8, 4) is 0 Å². The molecule has 2 unspecified atom stereocenters. The minimum Gasteiger partial charge on any atom is -0.382 e. The van der Waals surface area contributed by atoms with Gasteiger partial charge in [0.1, 0.15) is 12.1 Å². The van der Waals surface area contributed by atoms with Gasteiger partial charge in [0.25, 0.3) is 5.91 Å². The fourth-order valence-corrected chi connectivity index (χ4v) is 1.66. The summed E-state index contributed by atoms with van der Waals surface area (Å²) in [5.41, 5.74) is -1.12. The number of aliphatic hydroxyl groups excluding tert-OH is 1. The molecule has 1 rings (SSSR count). The summed E-state index contributed by atoms with van der Waals surface area (Å²) in [4.78, 5) is 35.6. The van der Waals surface area contributed by atoms with E-state index in [9.17, 15) is 27.6 Å². The summed E-state index contributed by atoms with van der Waals surface area (Å²) in [5, 5.41) is 12.9. The molecule has 2 atom stereocenters. The van der Waals surface area contributed by atoms with E-state index in [1.165, 1.54) is 6.92 Å². The van der Waals surface area contributed by atoms with Crippen molar-refractivity contribution in [2.45, 2.75) is 38.1 Å². The van der Waals surface area contributed by atoms with Gasteiger partial charge in [0.15, 0.2) is 6.10 Å². The zero-order chi connectivity index (χ0) is 16.4. The lowest BCUT2D eigenvalue weighted by molar-refractivity contribution is -0.201. The van der Waals surface area contributed by atoms with Gasteiger partial charge >= 0.3 is 12.2 Å². The molecule has 7 nitrogen and oxygen atoms in total. The molecule has 1 fully saturated rings. The highest BCUT2D eigenvalue weighted by atomic mass is 19.4. The Morgan fingerprint density at radius 1 is 1.48 bits per heavy atom. The molecule has 1 saturated heterocycles. The van der Waals surface area contributed by atoms with Gasteiger partial charge < -0.3 is 15.7 Å². The zero-order valence-electron chi connectivity index (χ0n) is 11.5. The van der Waals surface area contributed by atoms with Crippen LogP contribution in [-0.4, -0.2) is 58.8 Å². The molecular formula is C11H16F3N3O4. The number of carbonyl (C=O) groups excluding carboxylic acids is 3. The Hall–Kier alpha value is -1.84. The van der Waals surface area contributed by atoms with Crippen LogP contribution in [0, 0.1) is 0 Å². The Labute approximate surface area is 118 Å². The Bertz CT molecular complexity index is 454. The van der Waals surface area contributed by atoms with Gasteiger partial charge in [0, 0.05) is 0 Å². The van der Waals surface area contributed by atoms with Crippen LogP contribution in [0.3, 0.4) is 0 Å². The summed E-state index contributed by atoms with van der Waals surface area (Å²) in [6.45, 7) is 1.40. The number of nitrogens with one attached hydrogen (secondary N) is 2. The van der Waals surface area contributed by atoms with Crippen molar-refractivity contribution in [1.29, 1.82) is 0 Å². The van der Waals surface area contributed by atoms with Gasteiger partial charge in [-0.3, -0.25) is 14.5 Å². The summed E-state index contributed by atoms with van der Waals surface area (Å²) in [6, 6.07) is -0.782. The topological polar surface area (TPSA) is 98.7 Å². The second-order valence-corrected chi connectivity index (χ2v) is 4.87. The average Bonchev–Trinajstić information content (AvgIpc) is 2.59. The number of hydrogen-bond donors (Lipinski definition) is 3. The molecule has 3 N–H and O–H groups in total. The van der Waals surface area contributed by atoms with Crippen LogP contribution < -0.4 is 10.6 Å². The normalized spacial score (nSPS) is 24.0. The van der Waals surface area contributed by atoms with E-state index in [0.29, 0.717) is 11.3 Å². The van der Waals surface area contributed by atoms with Crippen LogP contribution in [0.5, 0.6) is 0 Å². The highest BCUT2D eigenvalue weighted by Gasteiger charge is 2.47. The van der Waals surface area contributed by atoms with Crippen molar-refractivity contribution in [2.75, 3.05) is 13.1 Å². The van der Waals surface area contributed by atoms with Gasteiger partial charge in [-0.15, -0.1) is 0 Å². The maximum Gasteiger partial charge on any atom is 0.416 e. The summed E-state index contributed by atoms with van der Waals surface area (Å²) in [6.07, 6.45) is -7.25. The summed E-state index contributed by atoms with van der Waals surface area (Å²) >= 11 is 0. The van der Waals surface area contributed by atoms with Gasteiger partial charge in [0.05, 0.1) is 6.54 Å². The number of hydrogen-bond acceptors (Lipinski definition) is 4. The lowest BCUT2D eigenvalue weighted by Crippen LogP contribution is -2.46. The molecule has 0 bridgehead atoms. The number of urea groups is 1. The summed E-state index contributed by atoms with van der Waals surface area (Å²) < 4.78 is 36.1. The Kier molecular flexibility index (Phi) is 4.82. The summed E-state index contributed by atoms with van der Waals surface area (Å²) in [5.74, 6) is -1.59. The van der Waals surface area contributed by atoms with E-state index in [0.717, 1.165) is 0 Å². The van der Waals surface area contributed by atoms with E-state index < -0.39 is 48.8 Å². The van der Waals surface area contributed by atoms with Gasteiger partial charge in [-0.1, -0.05) is 6.92 Å². The first-order chi connectivity index (χ1) is 9.51. The van der Waals surface area contributed by atoms with Crippen molar-refractivity contribution in [3.63, 3.8) is 0 Å². The van der Waals surface area contributed by atoms with E-state index in [2.05, 4.69) is 5.32 Å². The van der Waals surface area contributed by atoms with E-state index in [4.69, 9.17) is 5.11 Å². The van der Waals surface area contributed by atoms with Crippen LogP contribution in [0.4, 0.5) is 18.0 Å². The maximum absolute atomic E-state index is 12.0.